The zero-order chi connectivity index (χ0) is 21.3. The van der Waals surface area contributed by atoms with Crippen molar-refractivity contribution in [1.82, 2.24) is 10.2 Å². The number of piperazine rings is 1. The minimum absolute atomic E-state index is 0. The van der Waals surface area contributed by atoms with Gasteiger partial charge in [0, 0.05) is 32.2 Å². The Morgan fingerprint density at radius 3 is 2.22 bits per heavy atom. The topological polar surface area (TPSA) is 112 Å². The van der Waals surface area contributed by atoms with E-state index in [0.717, 1.165) is 57.4 Å². The first-order valence-corrected chi connectivity index (χ1v) is 10.5. The number of ether oxygens (including phenoxy) is 2. The Morgan fingerprint density at radius 2 is 1.59 bits per heavy atom. The number of rotatable bonds is 10. The number of hydrogen-bond acceptors (Lipinski definition) is 7. The molecule has 0 amide bonds. The van der Waals surface area contributed by atoms with E-state index in [-0.39, 0.29) is 24.8 Å². The zero-order valence-corrected chi connectivity index (χ0v) is 19.7. The Balaban J connectivity index is 0.00000256. The summed E-state index contributed by atoms with van der Waals surface area (Å²) in [6.07, 6.45) is 3.77. The Morgan fingerprint density at radius 1 is 0.969 bits per heavy atom. The second-order valence-corrected chi connectivity index (χ2v) is 7.81. The molecule has 1 aromatic carbocycles. The van der Waals surface area contributed by atoms with Crippen molar-refractivity contribution in [3.8, 4) is 11.5 Å². The molecule has 2 aliphatic heterocycles. The Bertz CT molecular complexity index is 725. The van der Waals surface area contributed by atoms with Gasteiger partial charge in [0.2, 0.25) is 0 Å². The van der Waals surface area contributed by atoms with E-state index in [1.54, 1.807) is 18.2 Å². The number of halogens is 2. The van der Waals surface area contributed by atoms with Gasteiger partial charge in [0.1, 0.15) is 11.5 Å². The molecular weight excluding hydrogens is 461 g/mol. The summed E-state index contributed by atoms with van der Waals surface area (Å²) in [6, 6.07) is 5.05. The monoisotopic (exact) mass is 493 g/mol. The largest absolute Gasteiger partial charge is 0.482 e. The second kappa shape index (κ2) is 14.3. The fraction of sp³-hybridized carbons (Fsp3) is 0.619. The third-order valence-corrected chi connectivity index (χ3v) is 5.67. The average Bonchev–Trinajstić information content (AvgIpc) is 2.76. The Kier molecular flexibility index (Phi) is 12.5. The summed E-state index contributed by atoms with van der Waals surface area (Å²) < 4.78 is 10.7. The highest BCUT2D eigenvalue weighted by molar-refractivity contribution is 5.85. The number of nitrogens with one attached hydrogen (secondary N) is 1. The van der Waals surface area contributed by atoms with Crippen LogP contribution >= 0.6 is 24.8 Å². The molecule has 2 fully saturated rings. The van der Waals surface area contributed by atoms with E-state index in [2.05, 4.69) is 15.1 Å². The van der Waals surface area contributed by atoms with Crippen molar-refractivity contribution in [2.75, 3.05) is 63.9 Å². The van der Waals surface area contributed by atoms with E-state index in [0.29, 0.717) is 11.5 Å². The van der Waals surface area contributed by atoms with Crippen LogP contribution in [0.5, 0.6) is 11.5 Å². The van der Waals surface area contributed by atoms with Crippen LogP contribution in [0.15, 0.2) is 18.2 Å². The van der Waals surface area contributed by atoms with Crippen molar-refractivity contribution in [3.05, 3.63) is 18.2 Å². The molecule has 0 aliphatic carbocycles. The maximum absolute atomic E-state index is 10.9. The van der Waals surface area contributed by atoms with Crippen LogP contribution in [0.2, 0.25) is 0 Å². The molecule has 0 radical (unpaired) electrons. The van der Waals surface area contributed by atoms with Gasteiger partial charge in [0.05, 0.1) is 5.69 Å². The molecule has 0 bridgehead atoms. The second-order valence-electron chi connectivity index (χ2n) is 7.81. The van der Waals surface area contributed by atoms with Crippen LogP contribution in [-0.4, -0.2) is 86.1 Å². The third-order valence-electron chi connectivity index (χ3n) is 5.67. The van der Waals surface area contributed by atoms with Crippen LogP contribution in [0.25, 0.3) is 0 Å². The van der Waals surface area contributed by atoms with Crippen LogP contribution < -0.4 is 19.7 Å². The number of benzene rings is 1. The van der Waals surface area contributed by atoms with Gasteiger partial charge in [-0.1, -0.05) is 0 Å². The highest BCUT2D eigenvalue weighted by atomic mass is 35.5. The van der Waals surface area contributed by atoms with Gasteiger partial charge in [0.15, 0.2) is 13.2 Å². The zero-order valence-electron chi connectivity index (χ0n) is 18.0. The van der Waals surface area contributed by atoms with Crippen LogP contribution in [0, 0.1) is 5.92 Å². The van der Waals surface area contributed by atoms with Gasteiger partial charge in [-0.2, -0.15) is 0 Å². The van der Waals surface area contributed by atoms with Crippen molar-refractivity contribution < 1.29 is 29.3 Å². The molecule has 2 saturated heterocycles. The number of carboxylic acid groups (broad SMARTS) is 2. The lowest BCUT2D eigenvalue weighted by Crippen LogP contribution is -2.47. The van der Waals surface area contributed by atoms with Gasteiger partial charge in [-0.15, -0.1) is 24.8 Å². The van der Waals surface area contributed by atoms with Crippen LogP contribution in [-0.2, 0) is 9.59 Å². The first-order chi connectivity index (χ1) is 14.5. The maximum Gasteiger partial charge on any atom is 0.341 e. The van der Waals surface area contributed by atoms with Gasteiger partial charge in [0.25, 0.3) is 0 Å². The van der Waals surface area contributed by atoms with E-state index in [1.165, 1.54) is 19.3 Å². The number of hydrogen-bond donors (Lipinski definition) is 3. The van der Waals surface area contributed by atoms with Crippen LogP contribution in [0.3, 0.4) is 0 Å². The number of carboxylic acids is 2. The first kappa shape index (κ1) is 28.1. The SMILES string of the molecule is Cl.Cl.O=C(O)COc1ccc(N2CCN(CCC3CCNCC3)CC2)c(OCC(=O)O)c1. The standard InChI is InChI=1S/C21H31N3O6.2ClH/c25-20(26)14-29-17-1-2-18(19(13-17)30-15-21(27)28)24-11-9-23(10-12-24)8-5-16-3-6-22-7-4-16;;/h1-2,13,16,22H,3-12,14-15H2,(H,25,26)(H,27,28);2*1H. The van der Waals surface area contributed by atoms with Crippen molar-refractivity contribution in [1.29, 1.82) is 0 Å². The van der Waals surface area contributed by atoms with E-state index < -0.39 is 25.2 Å². The molecule has 9 nitrogen and oxygen atoms in total. The van der Waals surface area contributed by atoms with Gasteiger partial charge in [-0.3, -0.25) is 4.90 Å². The smallest absolute Gasteiger partial charge is 0.341 e. The summed E-state index contributed by atoms with van der Waals surface area (Å²) in [6.45, 7) is 5.98. The van der Waals surface area contributed by atoms with E-state index >= 15 is 0 Å². The molecule has 0 atom stereocenters. The summed E-state index contributed by atoms with van der Waals surface area (Å²) in [7, 11) is 0. The van der Waals surface area contributed by atoms with Gasteiger partial charge in [-0.25, -0.2) is 9.59 Å². The lowest BCUT2D eigenvalue weighted by Gasteiger charge is -2.37. The highest BCUT2D eigenvalue weighted by Gasteiger charge is 2.22. The van der Waals surface area contributed by atoms with E-state index in [9.17, 15) is 9.59 Å². The lowest BCUT2D eigenvalue weighted by molar-refractivity contribution is -0.140. The van der Waals surface area contributed by atoms with Gasteiger partial charge >= 0.3 is 11.9 Å². The van der Waals surface area contributed by atoms with Crippen molar-refractivity contribution in [3.63, 3.8) is 0 Å². The molecule has 0 aromatic heterocycles. The summed E-state index contributed by atoms with van der Waals surface area (Å²) in [5.41, 5.74) is 0.803. The maximum atomic E-state index is 10.9. The summed E-state index contributed by atoms with van der Waals surface area (Å²) >= 11 is 0. The van der Waals surface area contributed by atoms with Crippen molar-refractivity contribution in [2.45, 2.75) is 19.3 Å². The molecule has 1 aromatic rings. The number of aliphatic carboxylic acids is 2. The number of anilines is 1. The summed E-state index contributed by atoms with van der Waals surface area (Å²) in [5.74, 6) is -0.600. The number of carbonyl (C=O) groups is 2. The van der Waals surface area contributed by atoms with Crippen LogP contribution in [0.1, 0.15) is 19.3 Å². The Hall–Kier alpha value is -1.94. The summed E-state index contributed by atoms with van der Waals surface area (Å²) in [5, 5.41) is 21.2. The van der Waals surface area contributed by atoms with Gasteiger partial charge in [-0.05, 0) is 56.9 Å². The Labute approximate surface area is 200 Å². The third kappa shape index (κ3) is 8.90. The minimum Gasteiger partial charge on any atom is -0.482 e. The molecule has 0 spiro atoms. The minimum atomic E-state index is -1.08. The molecule has 11 heteroatoms. The fourth-order valence-corrected chi connectivity index (χ4v) is 3.99. The number of nitrogens with zero attached hydrogens (tertiary/aromatic N) is 2. The molecule has 2 aliphatic rings. The molecule has 3 rings (SSSR count). The average molecular weight is 494 g/mol. The van der Waals surface area contributed by atoms with E-state index in [4.69, 9.17) is 19.7 Å². The lowest BCUT2D eigenvalue weighted by atomic mass is 9.94. The van der Waals surface area contributed by atoms with E-state index in [1.807, 2.05) is 0 Å². The predicted molar refractivity (Wildman–Crippen MR) is 126 cm³/mol. The normalized spacial score (nSPS) is 17.1. The van der Waals surface area contributed by atoms with Crippen molar-refractivity contribution in [2.24, 2.45) is 5.92 Å². The van der Waals surface area contributed by atoms with Gasteiger partial charge < -0.3 is 29.9 Å². The molecular formula is C21H33Cl2N3O6. The highest BCUT2D eigenvalue weighted by Crippen LogP contribution is 2.33. The predicted octanol–water partition coefficient (Wildman–Crippen LogP) is 1.97. The molecule has 32 heavy (non-hydrogen) atoms. The molecule has 0 saturated carbocycles. The fourth-order valence-electron chi connectivity index (χ4n) is 3.99. The molecule has 2 heterocycles. The quantitative estimate of drug-likeness (QED) is 0.450. The number of piperidine rings is 1. The molecule has 3 N–H and O–H groups in total. The van der Waals surface area contributed by atoms with Crippen molar-refractivity contribution >= 4 is 42.4 Å². The van der Waals surface area contributed by atoms with Crippen LogP contribution in [0.4, 0.5) is 5.69 Å². The molecule has 182 valence electrons. The molecule has 0 unspecified atom stereocenters. The summed E-state index contributed by atoms with van der Waals surface area (Å²) in [4.78, 5) is 26.3. The first-order valence-electron chi connectivity index (χ1n) is 10.5.